The molecule has 3 amide bonds. The van der Waals surface area contributed by atoms with Gasteiger partial charge in [-0.25, -0.2) is 0 Å². The molecule has 3 aliphatic rings. The van der Waals surface area contributed by atoms with Crippen molar-refractivity contribution in [2.45, 2.75) is 51.1 Å². The van der Waals surface area contributed by atoms with E-state index in [0.29, 0.717) is 43.2 Å². The summed E-state index contributed by atoms with van der Waals surface area (Å²) < 4.78 is 0. The SMILES string of the molecule is Cc1ccc(C(=O)N2CCN(C(=O)C3CC4CCCCC4N3C(=O)c3ccccc3)CC2)cc1. The molecule has 2 saturated heterocycles. The van der Waals surface area contributed by atoms with Gasteiger partial charge in [0.2, 0.25) is 5.91 Å². The molecule has 0 aromatic heterocycles. The normalized spacial score (nSPS) is 24.6. The van der Waals surface area contributed by atoms with Crippen LogP contribution in [0, 0.1) is 12.8 Å². The number of hydrogen-bond donors (Lipinski definition) is 0. The lowest BCUT2D eigenvalue weighted by atomic mass is 9.84. The maximum Gasteiger partial charge on any atom is 0.254 e. The van der Waals surface area contributed by atoms with Crippen LogP contribution in [0.1, 0.15) is 58.4 Å². The van der Waals surface area contributed by atoms with E-state index in [4.69, 9.17) is 0 Å². The van der Waals surface area contributed by atoms with Crippen LogP contribution in [0.5, 0.6) is 0 Å². The number of amides is 3. The van der Waals surface area contributed by atoms with Crippen LogP contribution in [-0.2, 0) is 4.79 Å². The predicted molar refractivity (Wildman–Crippen MR) is 130 cm³/mol. The molecule has 6 nitrogen and oxygen atoms in total. The largest absolute Gasteiger partial charge is 0.337 e. The van der Waals surface area contributed by atoms with Crippen molar-refractivity contribution < 1.29 is 14.4 Å². The molecule has 3 unspecified atom stereocenters. The number of rotatable bonds is 3. The molecule has 5 rings (SSSR count). The zero-order chi connectivity index (χ0) is 23.7. The van der Waals surface area contributed by atoms with E-state index in [1.165, 1.54) is 6.42 Å². The van der Waals surface area contributed by atoms with E-state index in [2.05, 4.69) is 0 Å². The number of piperazine rings is 1. The van der Waals surface area contributed by atoms with E-state index < -0.39 is 6.04 Å². The summed E-state index contributed by atoms with van der Waals surface area (Å²) in [5.74, 6) is 0.433. The Bertz CT molecular complexity index is 1040. The van der Waals surface area contributed by atoms with E-state index in [-0.39, 0.29) is 23.8 Å². The molecule has 1 aliphatic carbocycles. The highest BCUT2D eigenvalue weighted by atomic mass is 16.2. The van der Waals surface area contributed by atoms with Gasteiger partial charge in [0.1, 0.15) is 6.04 Å². The smallest absolute Gasteiger partial charge is 0.254 e. The summed E-state index contributed by atoms with van der Waals surface area (Å²) in [7, 11) is 0. The Kier molecular flexibility index (Phi) is 6.40. The number of fused-ring (bicyclic) bond motifs is 1. The van der Waals surface area contributed by atoms with Crippen LogP contribution in [-0.4, -0.2) is 70.7 Å². The number of carbonyl (C=O) groups is 3. The molecule has 1 saturated carbocycles. The summed E-state index contributed by atoms with van der Waals surface area (Å²) in [4.78, 5) is 45.7. The Balaban J connectivity index is 1.28. The molecule has 2 aliphatic heterocycles. The second-order valence-corrected chi connectivity index (χ2v) is 9.93. The molecule has 2 aromatic carbocycles. The number of aryl methyl sites for hydroxylation is 1. The standard InChI is InChI=1S/C28H33N3O3/c1-20-11-13-22(14-12-20)26(32)29-15-17-30(18-16-29)28(34)25-19-23-9-5-6-10-24(23)31(25)27(33)21-7-3-2-4-8-21/h2-4,7-8,11-14,23-25H,5-6,9-10,15-19H2,1H3. The van der Waals surface area contributed by atoms with Gasteiger partial charge >= 0.3 is 0 Å². The molecule has 6 heteroatoms. The minimum absolute atomic E-state index is 0.0138. The van der Waals surface area contributed by atoms with Gasteiger partial charge in [-0.15, -0.1) is 0 Å². The summed E-state index contributed by atoms with van der Waals surface area (Å²) in [6, 6.07) is 16.7. The molecule has 34 heavy (non-hydrogen) atoms. The van der Waals surface area contributed by atoms with Crippen LogP contribution in [0.4, 0.5) is 0 Å². The first-order valence-corrected chi connectivity index (χ1v) is 12.6. The van der Waals surface area contributed by atoms with E-state index in [9.17, 15) is 14.4 Å². The lowest BCUT2D eigenvalue weighted by Gasteiger charge is -2.38. The third-order valence-electron chi connectivity index (χ3n) is 7.81. The van der Waals surface area contributed by atoms with Crippen molar-refractivity contribution in [3.05, 3.63) is 71.3 Å². The van der Waals surface area contributed by atoms with Crippen molar-refractivity contribution in [2.24, 2.45) is 5.92 Å². The molecule has 2 aromatic rings. The number of carbonyl (C=O) groups excluding carboxylic acids is 3. The second kappa shape index (κ2) is 9.61. The third-order valence-corrected chi connectivity index (χ3v) is 7.81. The van der Waals surface area contributed by atoms with Gasteiger partial charge in [-0.1, -0.05) is 48.7 Å². The molecule has 0 bridgehead atoms. The van der Waals surface area contributed by atoms with Crippen LogP contribution in [0.2, 0.25) is 0 Å². The fraction of sp³-hybridized carbons (Fsp3) is 0.464. The molecule has 178 valence electrons. The molecule has 3 fully saturated rings. The van der Waals surface area contributed by atoms with E-state index in [0.717, 1.165) is 31.2 Å². The lowest BCUT2D eigenvalue weighted by Crippen LogP contribution is -2.56. The van der Waals surface area contributed by atoms with Crippen molar-refractivity contribution >= 4 is 17.7 Å². The third kappa shape index (κ3) is 4.33. The van der Waals surface area contributed by atoms with Gasteiger partial charge in [0, 0.05) is 43.3 Å². The van der Waals surface area contributed by atoms with Gasteiger partial charge in [0.05, 0.1) is 0 Å². The van der Waals surface area contributed by atoms with Crippen LogP contribution < -0.4 is 0 Å². The fourth-order valence-corrected chi connectivity index (χ4v) is 5.92. The summed E-state index contributed by atoms with van der Waals surface area (Å²) in [6.45, 7) is 4.06. The van der Waals surface area contributed by atoms with E-state index in [1.54, 1.807) is 0 Å². The second-order valence-electron chi connectivity index (χ2n) is 9.93. The van der Waals surface area contributed by atoms with Gasteiger partial charge in [-0.3, -0.25) is 14.4 Å². The average molecular weight is 460 g/mol. The topological polar surface area (TPSA) is 60.9 Å². The first kappa shape index (κ1) is 22.6. The van der Waals surface area contributed by atoms with Gasteiger partial charge in [0.15, 0.2) is 0 Å². The highest BCUT2D eigenvalue weighted by Gasteiger charge is 2.48. The molecule has 0 radical (unpaired) electrons. The highest BCUT2D eigenvalue weighted by Crippen LogP contribution is 2.41. The van der Waals surface area contributed by atoms with Crippen LogP contribution in [0.3, 0.4) is 0 Å². The lowest BCUT2D eigenvalue weighted by molar-refractivity contribution is -0.137. The Morgan fingerprint density at radius 1 is 0.735 bits per heavy atom. The average Bonchev–Trinajstić information content (AvgIpc) is 3.28. The summed E-state index contributed by atoms with van der Waals surface area (Å²) >= 11 is 0. The summed E-state index contributed by atoms with van der Waals surface area (Å²) in [6.07, 6.45) is 5.11. The molecule has 0 spiro atoms. The molecular formula is C28H33N3O3. The Labute approximate surface area is 201 Å². The van der Waals surface area contributed by atoms with Crippen molar-refractivity contribution in [3.8, 4) is 0 Å². The first-order valence-electron chi connectivity index (χ1n) is 12.6. The van der Waals surface area contributed by atoms with E-state index in [1.807, 2.05) is 76.2 Å². The van der Waals surface area contributed by atoms with Gasteiger partial charge in [-0.05, 0) is 56.4 Å². The first-order chi connectivity index (χ1) is 16.5. The minimum Gasteiger partial charge on any atom is -0.337 e. The fourth-order valence-electron chi connectivity index (χ4n) is 5.92. The maximum absolute atomic E-state index is 13.7. The van der Waals surface area contributed by atoms with Gasteiger partial charge < -0.3 is 14.7 Å². The summed E-state index contributed by atoms with van der Waals surface area (Å²) in [5.41, 5.74) is 2.46. The van der Waals surface area contributed by atoms with Crippen LogP contribution in [0.15, 0.2) is 54.6 Å². The number of benzene rings is 2. The molecule has 0 N–H and O–H groups in total. The number of nitrogens with zero attached hydrogens (tertiary/aromatic N) is 3. The highest BCUT2D eigenvalue weighted by molar-refractivity contribution is 5.98. The molecular weight excluding hydrogens is 426 g/mol. The maximum atomic E-state index is 13.7. The molecule has 3 atom stereocenters. The monoisotopic (exact) mass is 459 g/mol. The minimum atomic E-state index is -0.403. The van der Waals surface area contributed by atoms with Gasteiger partial charge in [0.25, 0.3) is 11.8 Å². The quantitative estimate of drug-likeness (QED) is 0.702. The predicted octanol–water partition coefficient (Wildman–Crippen LogP) is 3.75. The van der Waals surface area contributed by atoms with Crippen molar-refractivity contribution in [2.75, 3.05) is 26.2 Å². The zero-order valence-corrected chi connectivity index (χ0v) is 19.9. The Hall–Kier alpha value is -3.15. The number of hydrogen-bond acceptors (Lipinski definition) is 3. The van der Waals surface area contributed by atoms with Gasteiger partial charge in [-0.2, -0.15) is 0 Å². The van der Waals surface area contributed by atoms with Crippen molar-refractivity contribution in [3.63, 3.8) is 0 Å². The van der Waals surface area contributed by atoms with Crippen LogP contribution in [0.25, 0.3) is 0 Å². The van der Waals surface area contributed by atoms with Crippen LogP contribution >= 0.6 is 0 Å². The Morgan fingerprint density at radius 2 is 1.35 bits per heavy atom. The van der Waals surface area contributed by atoms with E-state index >= 15 is 0 Å². The Morgan fingerprint density at radius 3 is 2.06 bits per heavy atom. The zero-order valence-electron chi connectivity index (χ0n) is 19.9. The molecule has 2 heterocycles. The summed E-state index contributed by atoms with van der Waals surface area (Å²) in [5, 5.41) is 0. The van der Waals surface area contributed by atoms with Crippen molar-refractivity contribution in [1.82, 2.24) is 14.7 Å². The van der Waals surface area contributed by atoms with Crippen molar-refractivity contribution in [1.29, 1.82) is 0 Å². The number of likely N-dealkylation sites (tertiary alicyclic amines) is 1.